The maximum absolute atomic E-state index is 5.93. The highest BCUT2D eigenvalue weighted by atomic mass is 15.5. The summed E-state index contributed by atoms with van der Waals surface area (Å²) in [7, 11) is 0. The molecule has 3 rings (SSSR count). The number of aryl methyl sites for hydroxylation is 1. The van der Waals surface area contributed by atoms with Crippen LogP contribution in [0.2, 0.25) is 0 Å². The van der Waals surface area contributed by atoms with Crippen LogP contribution in [-0.2, 0) is 0 Å². The highest BCUT2D eigenvalue weighted by Gasteiger charge is 2.29. The van der Waals surface area contributed by atoms with E-state index >= 15 is 0 Å². The molecule has 0 radical (unpaired) electrons. The van der Waals surface area contributed by atoms with Crippen molar-refractivity contribution in [3.05, 3.63) is 23.8 Å². The number of benzene rings is 1. The first-order chi connectivity index (χ1) is 10.1. The van der Waals surface area contributed by atoms with Gasteiger partial charge in [-0.3, -0.25) is 0 Å². The summed E-state index contributed by atoms with van der Waals surface area (Å²) in [6.07, 6.45) is 3.62. The van der Waals surface area contributed by atoms with Crippen LogP contribution in [-0.4, -0.2) is 20.2 Å². The van der Waals surface area contributed by atoms with Gasteiger partial charge in [-0.05, 0) is 66.1 Å². The van der Waals surface area contributed by atoms with E-state index in [9.17, 15) is 0 Å². The molecule has 0 bridgehead atoms. The minimum Gasteiger partial charge on any atom is -0.399 e. The van der Waals surface area contributed by atoms with Gasteiger partial charge in [0.25, 0.3) is 0 Å². The Hall–Kier alpha value is -1.91. The van der Waals surface area contributed by atoms with E-state index in [4.69, 9.17) is 5.73 Å². The molecule has 112 valence electrons. The largest absolute Gasteiger partial charge is 0.399 e. The summed E-state index contributed by atoms with van der Waals surface area (Å²) < 4.78 is 2.01. The molecule has 1 aromatic carbocycles. The quantitative estimate of drug-likeness (QED) is 0.860. The Labute approximate surface area is 125 Å². The van der Waals surface area contributed by atoms with Gasteiger partial charge in [-0.25, -0.2) is 4.68 Å². The average Bonchev–Trinajstić information content (AvgIpc) is 2.90. The number of hydrogen-bond acceptors (Lipinski definition) is 4. The predicted molar refractivity (Wildman–Crippen MR) is 83.6 cm³/mol. The van der Waals surface area contributed by atoms with Crippen LogP contribution in [0.1, 0.15) is 44.7 Å². The average molecular weight is 285 g/mol. The lowest BCUT2D eigenvalue weighted by Crippen LogP contribution is -2.26. The van der Waals surface area contributed by atoms with Crippen molar-refractivity contribution in [2.24, 2.45) is 11.8 Å². The highest BCUT2D eigenvalue weighted by molar-refractivity contribution is 5.65. The smallest absolute Gasteiger partial charge is 0.182 e. The van der Waals surface area contributed by atoms with Crippen LogP contribution >= 0.6 is 0 Å². The van der Waals surface area contributed by atoms with E-state index in [2.05, 4.69) is 36.3 Å². The van der Waals surface area contributed by atoms with Crippen LogP contribution in [0.3, 0.4) is 0 Å². The second-order valence-corrected chi connectivity index (χ2v) is 6.48. The fourth-order valence-electron chi connectivity index (χ4n) is 3.49. The maximum Gasteiger partial charge on any atom is 0.182 e. The van der Waals surface area contributed by atoms with Gasteiger partial charge in [0.2, 0.25) is 0 Å². The number of tetrazole rings is 1. The van der Waals surface area contributed by atoms with Crippen molar-refractivity contribution in [3.8, 4) is 11.4 Å². The third kappa shape index (κ3) is 2.64. The van der Waals surface area contributed by atoms with Crippen LogP contribution in [0.5, 0.6) is 0 Å². The minimum atomic E-state index is 0.382. The lowest BCUT2D eigenvalue weighted by Gasteiger charge is -2.32. The second kappa shape index (κ2) is 5.47. The van der Waals surface area contributed by atoms with Gasteiger partial charge in [0, 0.05) is 11.3 Å². The van der Waals surface area contributed by atoms with Crippen molar-refractivity contribution in [2.75, 3.05) is 5.73 Å². The van der Waals surface area contributed by atoms with Crippen LogP contribution in [0.15, 0.2) is 18.2 Å². The molecular weight excluding hydrogens is 262 g/mol. The van der Waals surface area contributed by atoms with Gasteiger partial charge in [0.05, 0.1) is 6.04 Å². The summed E-state index contributed by atoms with van der Waals surface area (Å²) in [5, 5.41) is 12.5. The van der Waals surface area contributed by atoms with Crippen molar-refractivity contribution in [3.63, 3.8) is 0 Å². The number of aromatic nitrogens is 4. The lowest BCUT2D eigenvalue weighted by molar-refractivity contribution is 0.194. The number of nitrogens with two attached hydrogens (primary N) is 1. The molecule has 5 heteroatoms. The second-order valence-electron chi connectivity index (χ2n) is 6.48. The molecule has 2 N–H and O–H groups in total. The molecule has 1 saturated carbocycles. The van der Waals surface area contributed by atoms with E-state index in [1.807, 2.05) is 22.9 Å². The molecule has 1 aromatic heterocycles. The van der Waals surface area contributed by atoms with Gasteiger partial charge in [-0.15, -0.1) is 5.10 Å². The first-order valence-corrected chi connectivity index (χ1v) is 7.70. The van der Waals surface area contributed by atoms with Crippen molar-refractivity contribution < 1.29 is 0 Å². The molecule has 2 aromatic rings. The van der Waals surface area contributed by atoms with Crippen LogP contribution < -0.4 is 5.73 Å². The SMILES string of the molecule is Cc1ccc(N)cc1-c1nnnn1C1CCC(C)CC1C. The molecule has 5 nitrogen and oxygen atoms in total. The van der Waals surface area contributed by atoms with Gasteiger partial charge in [-0.1, -0.05) is 19.9 Å². The first-order valence-electron chi connectivity index (χ1n) is 7.70. The fourth-order valence-corrected chi connectivity index (χ4v) is 3.49. The van der Waals surface area contributed by atoms with Crippen LogP contribution in [0.25, 0.3) is 11.4 Å². The third-order valence-corrected chi connectivity index (χ3v) is 4.70. The zero-order valence-electron chi connectivity index (χ0n) is 13.0. The summed E-state index contributed by atoms with van der Waals surface area (Å²) >= 11 is 0. The molecule has 0 amide bonds. The molecular formula is C16H23N5. The summed E-state index contributed by atoms with van der Waals surface area (Å²) in [5.74, 6) is 2.23. The molecule has 3 unspecified atom stereocenters. The fraction of sp³-hybridized carbons (Fsp3) is 0.562. The zero-order chi connectivity index (χ0) is 15.0. The third-order valence-electron chi connectivity index (χ3n) is 4.70. The van der Waals surface area contributed by atoms with E-state index in [0.717, 1.165) is 35.0 Å². The Balaban J connectivity index is 1.99. The van der Waals surface area contributed by atoms with Crippen molar-refractivity contribution >= 4 is 5.69 Å². The highest BCUT2D eigenvalue weighted by Crippen LogP contribution is 2.38. The maximum atomic E-state index is 5.93. The molecule has 21 heavy (non-hydrogen) atoms. The van der Waals surface area contributed by atoms with Gasteiger partial charge in [0.15, 0.2) is 5.82 Å². The molecule has 1 heterocycles. The number of nitrogen functional groups attached to an aromatic ring is 1. The standard InChI is InChI=1S/C16H23N5/c1-10-4-7-15(12(3)8-10)21-16(18-19-20-21)14-9-13(17)6-5-11(14)2/h5-6,9-10,12,15H,4,7-8,17H2,1-3H3. The van der Waals surface area contributed by atoms with Crippen molar-refractivity contribution in [1.82, 2.24) is 20.2 Å². The summed E-state index contributed by atoms with van der Waals surface area (Å²) in [6, 6.07) is 6.29. The van der Waals surface area contributed by atoms with E-state index in [-0.39, 0.29) is 0 Å². The minimum absolute atomic E-state index is 0.382. The molecule has 0 saturated heterocycles. The van der Waals surface area contributed by atoms with Gasteiger partial charge >= 0.3 is 0 Å². The number of nitrogens with zero attached hydrogens (tertiary/aromatic N) is 4. The number of anilines is 1. The Morgan fingerprint density at radius 3 is 2.81 bits per heavy atom. The predicted octanol–water partition coefficient (Wildman–Crippen LogP) is 3.23. The summed E-state index contributed by atoms with van der Waals surface area (Å²) in [4.78, 5) is 0. The number of hydrogen-bond donors (Lipinski definition) is 1. The van der Waals surface area contributed by atoms with Crippen molar-refractivity contribution in [2.45, 2.75) is 46.1 Å². The Morgan fingerprint density at radius 2 is 2.05 bits per heavy atom. The van der Waals surface area contributed by atoms with Gasteiger partial charge in [-0.2, -0.15) is 0 Å². The lowest BCUT2D eigenvalue weighted by atomic mass is 9.80. The molecule has 3 atom stereocenters. The van der Waals surface area contributed by atoms with E-state index < -0.39 is 0 Å². The van der Waals surface area contributed by atoms with Crippen LogP contribution in [0, 0.1) is 18.8 Å². The topological polar surface area (TPSA) is 69.6 Å². The Bertz CT molecular complexity index is 633. The molecule has 0 spiro atoms. The van der Waals surface area contributed by atoms with Gasteiger partial charge in [0.1, 0.15) is 0 Å². The monoisotopic (exact) mass is 285 g/mol. The van der Waals surface area contributed by atoms with Crippen molar-refractivity contribution in [1.29, 1.82) is 0 Å². The molecule has 0 aliphatic heterocycles. The Morgan fingerprint density at radius 1 is 1.24 bits per heavy atom. The normalized spacial score (nSPS) is 26.0. The van der Waals surface area contributed by atoms with Crippen LogP contribution in [0.4, 0.5) is 5.69 Å². The number of rotatable bonds is 2. The molecule has 1 fully saturated rings. The summed E-state index contributed by atoms with van der Waals surface area (Å²) in [5.41, 5.74) is 8.86. The van der Waals surface area contributed by atoms with E-state index in [0.29, 0.717) is 12.0 Å². The Kier molecular flexibility index (Phi) is 3.66. The molecule has 1 aliphatic carbocycles. The zero-order valence-corrected chi connectivity index (χ0v) is 13.0. The van der Waals surface area contributed by atoms with E-state index in [1.54, 1.807) is 0 Å². The summed E-state index contributed by atoms with van der Waals surface area (Å²) in [6.45, 7) is 6.70. The molecule has 1 aliphatic rings. The van der Waals surface area contributed by atoms with E-state index in [1.165, 1.54) is 12.8 Å². The van der Waals surface area contributed by atoms with Gasteiger partial charge < -0.3 is 5.73 Å². The first kappa shape index (κ1) is 14.0.